The molecule has 1 atom stereocenters. The molecule has 1 rings (SSSR count). The molecule has 0 spiro atoms. The molecule has 1 heterocycles. The molecule has 0 fully saturated rings. The molecule has 0 saturated carbocycles. The van der Waals surface area contributed by atoms with Crippen molar-refractivity contribution >= 4 is 0 Å². The molecule has 0 aliphatic heterocycles. The molecule has 0 bridgehead atoms. The fourth-order valence-corrected chi connectivity index (χ4v) is 1.82. The van der Waals surface area contributed by atoms with E-state index < -0.39 is 12.6 Å². The third-order valence-electron chi connectivity index (χ3n) is 2.62. The lowest BCUT2D eigenvalue weighted by molar-refractivity contribution is -0.135. The third-order valence-corrected chi connectivity index (χ3v) is 2.62. The second-order valence-corrected chi connectivity index (χ2v) is 4.09. The van der Waals surface area contributed by atoms with E-state index in [1.165, 1.54) is 0 Å². The van der Waals surface area contributed by atoms with E-state index in [4.69, 9.17) is 4.42 Å². The van der Waals surface area contributed by atoms with Gasteiger partial charge >= 0.3 is 6.18 Å². The molecule has 0 aliphatic carbocycles. The van der Waals surface area contributed by atoms with Crippen molar-refractivity contribution in [3.63, 3.8) is 0 Å². The summed E-state index contributed by atoms with van der Waals surface area (Å²) in [6.45, 7) is 4.53. The van der Waals surface area contributed by atoms with Crippen LogP contribution in [0.2, 0.25) is 0 Å². The molecule has 1 unspecified atom stereocenters. The summed E-state index contributed by atoms with van der Waals surface area (Å²) in [7, 11) is 0. The number of hydrogen-bond donors (Lipinski definition) is 1. The number of halogens is 3. The van der Waals surface area contributed by atoms with Crippen LogP contribution in [0.1, 0.15) is 43.6 Å². The minimum atomic E-state index is -4.07. The smallest absolute Gasteiger partial charge is 0.389 e. The molecular weight excluding hydrogens is 231 g/mol. The van der Waals surface area contributed by atoms with Gasteiger partial charge in [-0.15, -0.1) is 0 Å². The molecule has 1 aromatic rings. The normalized spacial score (nSPS) is 13.9. The van der Waals surface area contributed by atoms with Crippen molar-refractivity contribution < 1.29 is 17.6 Å². The Morgan fingerprint density at radius 2 is 2.12 bits per heavy atom. The van der Waals surface area contributed by atoms with Gasteiger partial charge in [-0.1, -0.05) is 6.92 Å². The maximum Gasteiger partial charge on any atom is 0.389 e. The van der Waals surface area contributed by atoms with Crippen molar-refractivity contribution in [2.75, 3.05) is 6.54 Å². The summed E-state index contributed by atoms with van der Waals surface area (Å²) in [6.07, 6.45) is -2.70. The first kappa shape index (κ1) is 14.1. The molecule has 0 radical (unpaired) electrons. The molecule has 0 aliphatic rings. The van der Waals surface area contributed by atoms with Crippen LogP contribution in [0, 0.1) is 6.92 Å². The lowest BCUT2D eigenvalue weighted by Crippen LogP contribution is -2.21. The summed E-state index contributed by atoms with van der Waals surface area (Å²) in [5.74, 6) is 0.744. The average molecular weight is 249 g/mol. The van der Waals surface area contributed by atoms with E-state index in [2.05, 4.69) is 5.32 Å². The molecule has 2 nitrogen and oxygen atoms in total. The van der Waals surface area contributed by atoms with E-state index in [9.17, 15) is 13.2 Å². The van der Waals surface area contributed by atoms with Crippen LogP contribution < -0.4 is 5.32 Å². The molecule has 17 heavy (non-hydrogen) atoms. The van der Waals surface area contributed by atoms with Gasteiger partial charge in [0.05, 0.1) is 12.3 Å². The van der Waals surface area contributed by atoms with E-state index in [1.807, 2.05) is 19.9 Å². The van der Waals surface area contributed by atoms with Crippen molar-refractivity contribution in [1.82, 2.24) is 5.32 Å². The first-order chi connectivity index (χ1) is 7.94. The summed E-state index contributed by atoms with van der Waals surface area (Å²) in [4.78, 5) is 0. The van der Waals surface area contributed by atoms with Gasteiger partial charge in [-0.25, -0.2) is 0 Å². The summed E-state index contributed by atoms with van der Waals surface area (Å²) >= 11 is 0. The Kier molecular flexibility index (Phi) is 5.05. The van der Waals surface area contributed by atoms with Gasteiger partial charge in [-0.3, -0.25) is 0 Å². The number of alkyl halides is 3. The van der Waals surface area contributed by atoms with Crippen molar-refractivity contribution in [3.05, 3.63) is 23.7 Å². The van der Waals surface area contributed by atoms with Crippen LogP contribution in [-0.2, 0) is 0 Å². The van der Waals surface area contributed by atoms with Gasteiger partial charge in [-0.05, 0) is 37.9 Å². The zero-order valence-electron chi connectivity index (χ0n) is 10.1. The fraction of sp³-hybridized carbons (Fsp3) is 0.667. The number of furan rings is 1. The summed E-state index contributed by atoms with van der Waals surface area (Å²) in [5.41, 5.74) is 0.975. The van der Waals surface area contributed by atoms with Crippen molar-refractivity contribution in [2.45, 2.75) is 45.3 Å². The van der Waals surface area contributed by atoms with Gasteiger partial charge in [0.2, 0.25) is 0 Å². The highest BCUT2D eigenvalue weighted by Gasteiger charge is 2.27. The molecule has 0 aromatic carbocycles. The summed E-state index contributed by atoms with van der Waals surface area (Å²) in [6, 6.07) is 1.70. The SMILES string of the molecule is CCNC(CCCC(F)(F)F)c1occc1C. The number of nitrogens with one attached hydrogen (secondary N) is 1. The lowest BCUT2D eigenvalue weighted by atomic mass is 10.0. The fourth-order valence-electron chi connectivity index (χ4n) is 1.82. The second kappa shape index (κ2) is 6.10. The van der Waals surface area contributed by atoms with Crippen molar-refractivity contribution in [1.29, 1.82) is 0 Å². The Morgan fingerprint density at radius 3 is 2.59 bits per heavy atom. The predicted molar refractivity (Wildman–Crippen MR) is 59.8 cm³/mol. The monoisotopic (exact) mass is 249 g/mol. The molecule has 1 N–H and O–H groups in total. The maximum atomic E-state index is 12.1. The Labute approximate surface area is 99.2 Å². The number of aryl methyl sites for hydroxylation is 1. The van der Waals surface area contributed by atoms with Crippen LogP contribution in [0.5, 0.6) is 0 Å². The van der Waals surface area contributed by atoms with E-state index in [-0.39, 0.29) is 12.5 Å². The van der Waals surface area contributed by atoms with Gasteiger partial charge < -0.3 is 9.73 Å². The van der Waals surface area contributed by atoms with Crippen LogP contribution in [-0.4, -0.2) is 12.7 Å². The zero-order valence-corrected chi connectivity index (χ0v) is 10.1. The minimum absolute atomic E-state index is 0.112. The molecule has 98 valence electrons. The van der Waals surface area contributed by atoms with Gasteiger partial charge in [0.1, 0.15) is 5.76 Å². The van der Waals surface area contributed by atoms with Gasteiger partial charge in [-0.2, -0.15) is 13.2 Å². The highest BCUT2D eigenvalue weighted by atomic mass is 19.4. The van der Waals surface area contributed by atoms with E-state index in [1.54, 1.807) is 6.26 Å². The number of rotatable bonds is 6. The first-order valence-corrected chi connectivity index (χ1v) is 5.78. The molecular formula is C12H18F3NO. The van der Waals surface area contributed by atoms with Crippen molar-refractivity contribution in [2.24, 2.45) is 0 Å². The lowest BCUT2D eigenvalue weighted by Gasteiger charge is -2.17. The summed E-state index contributed by atoms with van der Waals surface area (Å²) in [5, 5.41) is 3.15. The third kappa shape index (κ3) is 4.81. The Hall–Kier alpha value is -0.970. The van der Waals surface area contributed by atoms with E-state index >= 15 is 0 Å². The van der Waals surface area contributed by atoms with Gasteiger partial charge in [0.15, 0.2) is 0 Å². The topological polar surface area (TPSA) is 25.2 Å². The highest BCUT2D eigenvalue weighted by Crippen LogP contribution is 2.27. The summed E-state index contributed by atoms with van der Waals surface area (Å²) < 4.78 is 41.5. The standard InChI is InChI=1S/C12H18F3NO/c1-3-16-10(5-4-7-12(13,14)15)11-9(2)6-8-17-11/h6,8,10,16H,3-5,7H2,1-2H3. The van der Waals surface area contributed by atoms with Crippen LogP contribution in [0.25, 0.3) is 0 Å². The molecule has 5 heteroatoms. The zero-order chi connectivity index (χ0) is 12.9. The largest absolute Gasteiger partial charge is 0.467 e. The Balaban J connectivity index is 2.53. The van der Waals surface area contributed by atoms with E-state index in [0.29, 0.717) is 13.0 Å². The molecule has 1 aromatic heterocycles. The Morgan fingerprint density at radius 1 is 1.41 bits per heavy atom. The first-order valence-electron chi connectivity index (χ1n) is 5.78. The predicted octanol–water partition coefficient (Wildman–Crippen LogP) is 3.97. The number of hydrogen-bond acceptors (Lipinski definition) is 2. The highest BCUT2D eigenvalue weighted by molar-refractivity contribution is 5.18. The minimum Gasteiger partial charge on any atom is -0.467 e. The Bertz CT molecular complexity index is 333. The second-order valence-electron chi connectivity index (χ2n) is 4.09. The van der Waals surface area contributed by atoms with Crippen molar-refractivity contribution in [3.8, 4) is 0 Å². The molecule has 0 saturated heterocycles. The maximum absolute atomic E-state index is 12.1. The van der Waals surface area contributed by atoms with Crippen LogP contribution in [0.4, 0.5) is 13.2 Å². The van der Waals surface area contributed by atoms with Crippen LogP contribution >= 0.6 is 0 Å². The van der Waals surface area contributed by atoms with Gasteiger partial charge in [0, 0.05) is 6.42 Å². The van der Waals surface area contributed by atoms with Crippen LogP contribution in [0.3, 0.4) is 0 Å². The average Bonchev–Trinajstić information content (AvgIpc) is 2.61. The molecule has 0 amide bonds. The van der Waals surface area contributed by atoms with Crippen LogP contribution in [0.15, 0.2) is 16.7 Å². The van der Waals surface area contributed by atoms with E-state index in [0.717, 1.165) is 11.3 Å². The quantitative estimate of drug-likeness (QED) is 0.825. The van der Waals surface area contributed by atoms with Gasteiger partial charge in [0.25, 0.3) is 0 Å².